The molecule has 0 spiro atoms. The molecule has 0 aliphatic rings. The molecule has 0 fully saturated rings. The third-order valence-corrected chi connectivity index (χ3v) is 3.22. The highest BCUT2D eigenvalue weighted by atomic mass is 35.5. The van der Waals surface area contributed by atoms with Crippen molar-refractivity contribution in [3.8, 4) is 11.1 Å². The van der Waals surface area contributed by atoms with Crippen LogP contribution in [-0.4, -0.2) is 7.05 Å². The van der Waals surface area contributed by atoms with Crippen LogP contribution in [-0.2, 0) is 6.54 Å². The summed E-state index contributed by atoms with van der Waals surface area (Å²) in [7, 11) is 1.84. The molecule has 94 valence electrons. The summed E-state index contributed by atoms with van der Waals surface area (Å²) in [4.78, 5) is 0. The predicted octanol–water partition coefficient (Wildman–Crippen LogP) is 4.52. The van der Waals surface area contributed by atoms with Gasteiger partial charge in [0.2, 0.25) is 0 Å². The van der Waals surface area contributed by atoms with Gasteiger partial charge < -0.3 is 5.32 Å². The van der Waals surface area contributed by atoms with Gasteiger partial charge in [0.15, 0.2) is 0 Å². The molecule has 0 saturated carbocycles. The third-order valence-electron chi connectivity index (χ3n) is 2.66. The van der Waals surface area contributed by atoms with Crippen molar-refractivity contribution in [3.05, 3.63) is 57.8 Å². The summed E-state index contributed by atoms with van der Waals surface area (Å²) in [5.74, 6) is -0.291. The smallest absolute Gasteiger partial charge is 0.123 e. The Bertz CT molecular complexity index is 570. The average Bonchev–Trinajstić information content (AvgIpc) is 2.35. The fraction of sp³-hybridized carbons (Fsp3) is 0.143. The maximum absolute atomic E-state index is 13.4. The molecule has 0 saturated heterocycles. The van der Waals surface area contributed by atoms with E-state index in [1.54, 1.807) is 24.3 Å². The molecule has 0 heterocycles. The molecule has 0 aromatic heterocycles. The van der Waals surface area contributed by atoms with E-state index in [4.69, 9.17) is 23.2 Å². The van der Waals surface area contributed by atoms with E-state index in [0.29, 0.717) is 16.6 Å². The summed E-state index contributed by atoms with van der Waals surface area (Å²) in [6.07, 6.45) is 0. The lowest BCUT2D eigenvalue weighted by Gasteiger charge is -2.11. The number of nitrogens with one attached hydrogen (secondary N) is 1. The van der Waals surface area contributed by atoms with Gasteiger partial charge in [-0.25, -0.2) is 4.39 Å². The molecule has 1 N–H and O–H groups in total. The van der Waals surface area contributed by atoms with Gasteiger partial charge in [-0.05, 0) is 48.5 Å². The predicted molar refractivity (Wildman–Crippen MR) is 74.6 cm³/mol. The minimum absolute atomic E-state index is 0.291. The second-order valence-corrected chi connectivity index (χ2v) is 4.80. The minimum atomic E-state index is -0.291. The highest BCUT2D eigenvalue weighted by Gasteiger charge is 2.10. The summed E-state index contributed by atoms with van der Waals surface area (Å²) in [5.41, 5.74) is 2.48. The highest BCUT2D eigenvalue weighted by Crippen LogP contribution is 2.33. The van der Waals surface area contributed by atoms with E-state index in [1.807, 2.05) is 7.05 Å². The van der Waals surface area contributed by atoms with Crippen LogP contribution in [0, 0.1) is 5.82 Å². The number of halogens is 3. The molecule has 0 unspecified atom stereocenters. The molecule has 18 heavy (non-hydrogen) atoms. The van der Waals surface area contributed by atoms with Crippen LogP contribution in [0.15, 0.2) is 36.4 Å². The Labute approximate surface area is 116 Å². The van der Waals surface area contributed by atoms with Crippen LogP contribution in [0.2, 0.25) is 10.0 Å². The van der Waals surface area contributed by atoms with Gasteiger partial charge in [-0.1, -0.05) is 29.3 Å². The fourth-order valence-corrected chi connectivity index (χ4v) is 2.24. The largest absolute Gasteiger partial charge is 0.316 e. The van der Waals surface area contributed by atoms with E-state index in [0.717, 1.165) is 16.7 Å². The first-order valence-corrected chi connectivity index (χ1v) is 6.26. The Morgan fingerprint density at radius 3 is 2.56 bits per heavy atom. The molecule has 2 rings (SSSR count). The first-order valence-electron chi connectivity index (χ1n) is 5.50. The van der Waals surface area contributed by atoms with Gasteiger partial charge in [-0.3, -0.25) is 0 Å². The molecule has 0 atom stereocenters. The van der Waals surface area contributed by atoms with Crippen LogP contribution < -0.4 is 5.32 Å². The SMILES string of the molecule is CNCc1ccc(F)cc1-c1cc(Cl)ccc1Cl. The number of hydrogen-bond acceptors (Lipinski definition) is 1. The monoisotopic (exact) mass is 283 g/mol. The van der Waals surface area contributed by atoms with Gasteiger partial charge in [0.05, 0.1) is 0 Å². The van der Waals surface area contributed by atoms with Crippen LogP contribution in [0.4, 0.5) is 4.39 Å². The van der Waals surface area contributed by atoms with Crippen molar-refractivity contribution in [3.63, 3.8) is 0 Å². The van der Waals surface area contributed by atoms with Crippen LogP contribution in [0.5, 0.6) is 0 Å². The van der Waals surface area contributed by atoms with E-state index < -0.39 is 0 Å². The summed E-state index contributed by atoms with van der Waals surface area (Å²) in [6.45, 7) is 0.637. The molecule has 4 heteroatoms. The van der Waals surface area contributed by atoms with Gasteiger partial charge in [-0.15, -0.1) is 0 Å². The van der Waals surface area contributed by atoms with Gasteiger partial charge in [0.1, 0.15) is 5.82 Å². The Kier molecular flexibility index (Phi) is 4.23. The Morgan fingerprint density at radius 1 is 1.06 bits per heavy atom. The first kappa shape index (κ1) is 13.3. The molecule has 2 aromatic carbocycles. The molecule has 0 amide bonds. The lowest BCUT2D eigenvalue weighted by Crippen LogP contribution is -2.06. The van der Waals surface area contributed by atoms with E-state index in [2.05, 4.69) is 5.32 Å². The van der Waals surface area contributed by atoms with Crippen LogP contribution in [0.1, 0.15) is 5.56 Å². The number of benzene rings is 2. The summed E-state index contributed by atoms with van der Waals surface area (Å²) < 4.78 is 13.4. The van der Waals surface area contributed by atoms with E-state index in [9.17, 15) is 4.39 Å². The number of hydrogen-bond donors (Lipinski definition) is 1. The molecule has 0 bridgehead atoms. The van der Waals surface area contributed by atoms with Crippen molar-refractivity contribution in [2.24, 2.45) is 0 Å². The topological polar surface area (TPSA) is 12.0 Å². The van der Waals surface area contributed by atoms with E-state index in [-0.39, 0.29) is 5.82 Å². The molecular formula is C14H12Cl2FN. The van der Waals surface area contributed by atoms with Crippen LogP contribution >= 0.6 is 23.2 Å². The zero-order valence-electron chi connectivity index (χ0n) is 9.81. The average molecular weight is 284 g/mol. The Morgan fingerprint density at radius 2 is 1.83 bits per heavy atom. The highest BCUT2D eigenvalue weighted by molar-refractivity contribution is 6.35. The Hall–Kier alpha value is -1.09. The fourth-order valence-electron chi connectivity index (χ4n) is 1.85. The zero-order valence-corrected chi connectivity index (χ0v) is 11.3. The quantitative estimate of drug-likeness (QED) is 0.873. The van der Waals surface area contributed by atoms with Gasteiger partial charge in [0, 0.05) is 22.2 Å². The van der Waals surface area contributed by atoms with E-state index in [1.165, 1.54) is 12.1 Å². The van der Waals surface area contributed by atoms with Crippen molar-refractivity contribution in [2.75, 3.05) is 7.05 Å². The van der Waals surface area contributed by atoms with Gasteiger partial charge in [0.25, 0.3) is 0 Å². The molecule has 0 aliphatic heterocycles. The molecule has 0 aliphatic carbocycles. The first-order chi connectivity index (χ1) is 8.61. The summed E-state index contributed by atoms with van der Waals surface area (Å²) >= 11 is 12.1. The van der Waals surface area contributed by atoms with Crippen molar-refractivity contribution in [1.29, 1.82) is 0 Å². The van der Waals surface area contributed by atoms with Crippen molar-refractivity contribution >= 4 is 23.2 Å². The van der Waals surface area contributed by atoms with Gasteiger partial charge >= 0.3 is 0 Å². The summed E-state index contributed by atoms with van der Waals surface area (Å²) in [5, 5.41) is 4.18. The molecular weight excluding hydrogens is 272 g/mol. The third kappa shape index (κ3) is 2.83. The minimum Gasteiger partial charge on any atom is -0.316 e. The second-order valence-electron chi connectivity index (χ2n) is 3.96. The van der Waals surface area contributed by atoms with Crippen LogP contribution in [0.25, 0.3) is 11.1 Å². The standard InChI is InChI=1S/C14H12Cl2FN/c1-18-8-9-2-4-11(17)7-12(9)13-6-10(15)3-5-14(13)16/h2-7,18H,8H2,1H3. The Balaban J connectivity index is 2.61. The normalized spacial score (nSPS) is 10.7. The maximum Gasteiger partial charge on any atom is 0.123 e. The lowest BCUT2D eigenvalue weighted by atomic mass is 9.99. The van der Waals surface area contributed by atoms with Crippen LogP contribution in [0.3, 0.4) is 0 Å². The van der Waals surface area contributed by atoms with Crippen molar-refractivity contribution in [1.82, 2.24) is 5.32 Å². The molecule has 2 aromatic rings. The van der Waals surface area contributed by atoms with E-state index >= 15 is 0 Å². The van der Waals surface area contributed by atoms with Crippen molar-refractivity contribution < 1.29 is 4.39 Å². The molecule has 0 radical (unpaired) electrons. The zero-order chi connectivity index (χ0) is 13.1. The molecule has 1 nitrogen and oxygen atoms in total. The number of rotatable bonds is 3. The maximum atomic E-state index is 13.4. The van der Waals surface area contributed by atoms with Gasteiger partial charge in [-0.2, -0.15) is 0 Å². The second kappa shape index (κ2) is 5.70. The van der Waals surface area contributed by atoms with Crippen molar-refractivity contribution in [2.45, 2.75) is 6.54 Å². The lowest BCUT2D eigenvalue weighted by molar-refractivity contribution is 0.627. The summed E-state index contributed by atoms with van der Waals surface area (Å²) in [6, 6.07) is 9.84.